The zero-order chi connectivity index (χ0) is 10.8. The van der Waals surface area contributed by atoms with Gasteiger partial charge in [-0.15, -0.1) is 0 Å². The predicted molar refractivity (Wildman–Crippen MR) is 63.9 cm³/mol. The van der Waals surface area contributed by atoms with Crippen LogP contribution in [0.1, 0.15) is 32.0 Å². The van der Waals surface area contributed by atoms with E-state index in [1.807, 2.05) is 16.8 Å². The van der Waals surface area contributed by atoms with E-state index in [4.69, 9.17) is 0 Å². The van der Waals surface area contributed by atoms with Crippen molar-refractivity contribution in [1.82, 2.24) is 9.61 Å². The Bertz CT molecular complexity index is 506. The molecule has 2 rings (SSSR count). The molecular formula is C13H16N2. The topological polar surface area (TPSA) is 17.3 Å². The molecule has 0 saturated heterocycles. The van der Waals surface area contributed by atoms with Gasteiger partial charge in [-0.2, -0.15) is 5.10 Å². The minimum absolute atomic E-state index is 0.974. The summed E-state index contributed by atoms with van der Waals surface area (Å²) >= 11 is 0. The molecule has 0 spiro atoms. The van der Waals surface area contributed by atoms with Crippen LogP contribution in [-0.4, -0.2) is 9.61 Å². The second-order valence-corrected chi connectivity index (χ2v) is 3.68. The quantitative estimate of drug-likeness (QED) is 0.727. The number of hydrogen-bond donors (Lipinski definition) is 0. The molecule has 0 aliphatic carbocycles. The summed E-state index contributed by atoms with van der Waals surface area (Å²) in [6, 6.07) is 6.19. The minimum atomic E-state index is 0.974. The molecule has 0 atom stereocenters. The Labute approximate surface area is 90.2 Å². The predicted octanol–water partition coefficient (Wildman–Crippen LogP) is 3.32. The van der Waals surface area contributed by atoms with Crippen molar-refractivity contribution in [2.45, 2.75) is 27.2 Å². The van der Waals surface area contributed by atoms with E-state index < -0.39 is 0 Å². The van der Waals surface area contributed by atoms with Crippen molar-refractivity contribution in [3.8, 4) is 0 Å². The highest BCUT2D eigenvalue weighted by Gasteiger charge is 2.11. The van der Waals surface area contributed by atoms with Crippen LogP contribution in [0.4, 0.5) is 0 Å². The van der Waals surface area contributed by atoms with Crippen LogP contribution in [0.5, 0.6) is 0 Å². The van der Waals surface area contributed by atoms with E-state index >= 15 is 0 Å². The van der Waals surface area contributed by atoms with Gasteiger partial charge in [0.15, 0.2) is 0 Å². The Morgan fingerprint density at radius 2 is 2.27 bits per heavy atom. The van der Waals surface area contributed by atoms with Gasteiger partial charge in [-0.3, -0.25) is 0 Å². The fourth-order valence-corrected chi connectivity index (χ4v) is 1.87. The van der Waals surface area contributed by atoms with Gasteiger partial charge in [-0.05, 0) is 38.0 Å². The molecule has 0 fully saturated rings. The number of pyridine rings is 1. The zero-order valence-electron chi connectivity index (χ0n) is 9.49. The normalized spacial score (nSPS) is 12.3. The smallest absolute Gasteiger partial charge is 0.0739 e. The van der Waals surface area contributed by atoms with Crippen LogP contribution in [0, 0.1) is 0 Å². The summed E-state index contributed by atoms with van der Waals surface area (Å²) in [6.07, 6.45) is 5.12. The van der Waals surface area contributed by atoms with E-state index in [1.165, 1.54) is 22.3 Å². The standard InChI is InChI=1S/C13H16N2/c1-4-10(3)13-11(5-2)14-15-9-7-6-8-12(13)15/h4,6-9H,5H2,1-3H3. The van der Waals surface area contributed by atoms with Crippen molar-refractivity contribution in [2.24, 2.45) is 0 Å². The highest BCUT2D eigenvalue weighted by molar-refractivity contribution is 5.78. The number of hydrogen-bond acceptors (Lipinski definition) is 1. The van der Waals surface area contributed by atoms with Gasteiger partial charge in [0.1, 0.15) is 0 Å². The van der Waals surface area contributed by atoms with Gasteiger partial charge >= 0.3 is 0 Å². The molecule has 15 heavy (non-hydrogen) atoms. The zero-order valence-corrected chi connectivity index (χ0v) is 9.49. The average molecular weight is 200 g/mol. The highest BCUT2D eigenvalue weighted by Crippen LogP contribution is 2.24. The lowest BCUT2D eigenvalue weighted by atomic mass is 10.0. The molecule has 2 heteroatoms. The molecule has 2 aromatic rings. The molecule has 2 heterocycles. The average Bonchev–Trinajstić information content (AvgIpc) is 2.66. The summed E-state index contributed by atoms with van der Waals surface area (Å²) in [5.41, 5.74) is 4.97. The first-order valence-corrected chi connectivity index (χ1v) is 5.37. The molecule has 0 N–H and O–H groups in total. The maximum atomic E-state index is 4.58. The van der Waals surface area contributed by atoms with E-state index in [2.05, 4.69) is 44.1 Å². The van der Waals surface area contributed by atoms with Crippen LogP contribution in [0.3, 0.4) is 0 Å². The molecule has 78 valence electrons. The number of allylic oxidation sites excluding steroid dienone is 2. The van der Waals surface area contributed by atoms with Gasteiger partial charge in [0.25, 0.3) is 0 Å². The van der Waals surface area contributed by atoms with E-state index in [9.17, 15) is 0 Å². The second kappa shape index (κ2) is 3.89. The molecule has 0 amide bonds. The third-order valence-corrected chi connectivity index (χ3v) is 2.77. The summed E-state index contributed by atoms with van der Waals surface area (Å²) in [5.74, 6) is 0. The molecule has 2 nitrogen and oxygen atoms in total. The SMILES string of the molecule is CC=C(C)c1c(CC)nn2ccccc12. The van der Waals surface area contributed by atoms with E-state index in [0.717, 1.165) is 6.42 Å². The first-order chi connectivity index (χ1) is 7.27. The van der Waals surface area contributed by atoms with Crippen LogP contribution in [0.2, 0.25) is 0 Å². The van der Waals surface area contributed by atoms with Crippen LogP contribution < -0.4 is 0 Å². The molecule has 2 aromatic heterocycles. The van der Waals surface area contributed by atoms with Gasteiger partial charge in [0, 0.05) is 11.8 Å². The fraction of sp³-hybridized carbons (Fsp3) is 0.308. The maximum absolute atomic E-state index is 4.58. The number of fused-ring (bicyclic) bond motifs is 1. The number of rotatable bonds is 2. The molecule has 0 unspecified atom stereocenters. The second-order valence-electron chi connectivity index (χ2n) is 3.68. The third-order valence-electron chi connectivity index (χ3n) is 2.77. The van der Waals surface area contributed by atoms with Crippen molar-refractivity contribution in [2.75, 3.05) is 0 Å². The molecule has 0 saturated carbocycles. The highest BCUT2D eigenvalue weighted by atomic mass is 15.2. The monoisotopic (exact) mass is 200 g/mol. The Kier molecular flexibility index (Phi) is 2.58. The van der Waals surface area contributed by atoms with Crippen molar-refractivity contribution in [1.29, 1.82) is 0 Å². The lowest BCUT2D eigenvalue weighted by Gasteiger charge is -2.00. The number of nitrogens with zero attached hydrogens (tertiary/aromatic N) is 2. The summed E-state index contributed by atoms with van der Waals surface area (Å²) in [5, 5.41) is 4.58. The Morgan fingerprint density at radius 1 is 1.47 bits per heavy atom. The molecule has 0 aromatic carbocycles. The van der Waals surface area contributed by atoms with Gasteiger partial charge in [0.05, 0.1) is 11.2 Å². The summed E-state index contributed by atoms with van der Waals surface area (Å²) in [4.78, 5) is 0. The van der Waals surface area contributed by atoms with Gasteiger partial charge in [-0.25, -0.2) is 4.52 Å². The Morgan fingerprint density at radius 3 is 2.93 bits per heavy atom. The van der Waals surface area contributed by atoms with E-state index in [0.29, 0.717) is 0 Å². The first kappa shape index (κ1) is 9.97. The minimum Gasteiger partial charge on any atom is -0.240 e. The van der Waals surface area contributed by atoms with Crippen molar-refractivity contribution in [3.63, 3.8) is 0 Å². The lowest BCUT2D eigenvalue weighted by Crippen LogP contribution is -1.86. The van der Waals surface area contributed by atoms with Crippen molar-refractivity contribution >= 4 is 11.1 Å². The summed E-state index contributed by atoms with van der Waals surface area (Å²) in [6.45, 7) is 6.36. The largest absolute Gasteiger partial charge is 0.240 e. The Balaban J connectivity index is 2.78. The first-order valence-electron chi connectivity index (χ1n) is 5.37. The third kappa shape index (κ3) is 1.56. The van der Waals surface area contributed by atoms with Crippen molar-refractivity contribution < 1.29 is 0 Å². The van der Waals surface area contributed by atoms with Crippen LogP contribution in [0.25, 0.3) is 11.1 Å². The fourth-order valence-electron chi connectivity index (χ4n) is 1.87. The van der Waals surface area contributed by atoms with Gasteiger partial charge < -0.3 is 0 Å². The molecule has 0 aliphatic heterocycles. The summed E-state index contributed by atoms with van der Waals surface area (Å²) in [7, 11) is 0. The van der Waals surface area contributed by atoms with Gasteiger partial charge in [-0.1, -0.05) is 19.1 Å². The van der Waals surface area contributed by atoms with Crippen LogP contribution >= 0.6 is 0 Å². The van der Waals surface area contributed by atoms with Crippen molar-refractivity contribution in [3.05, 3.63) is 41.7 Å². The van der Waals surface area contributed by atoms with Crippen LogP contribution in [-0.2, 0) is 6.42 Å². The summed E-state index contributed by atoms with van der Waals surface area (Å²) < 4.78 is 1.96. The number of aromatic nitrogens is 2. The Hall–Kier alpha value is -1.57. The molecule has 0 aliphatic rings. The van der Waals surface area contributed by atoms with Crippen LogP contribution in [0.15, 0.2) is 30.5 Å². The maximum Gasteiger partial charge on any atom is 0.0739 e. The number of aryl methyl sites for hydroxylation is 1. The molecule has 0 bridgehead atoms. The van der Waals surface area contributed by atoms with E-state index in [-0.39, 0.29) is 0 Å². The van der Waals surface area contributed by atoms with E-state index in [1.54, 1.807) is 0 Å². The molecular weight excluding hydrogens is 184 g/mol. The lowest BCUT2D eigenvalue weighted by molar-refractivity contribution is 0.897. The molecule has 0 radical (unpaired) electrons. The van der Waals surface area contributed by atoms with Gasteiger partial charge in [0.2, 0.25) is 0 Å².